The van der Waals surface area contributed by atoms with Gasteiger partial charge in [-0.05, 0) is 24.2 Å². The summed E-state index contributed by atoms with van der Waals surface area (Å²) in [6.07, 6.45) is 2.66. The van der Waals surface area contributed by atoms with Gasteiger partial charge in [0.15, 0.2) is 0 Å². The summed E-state index contributed by atoms with van der Waals surface area (Å²) in [5.74, 6) is 0.912. The van der Waals surface area contributed by atoms with E-state index in [1.165, 1.54) is 12.8 Å². The summed E-state index contributed by atoms with van der Waals surface area (Å²) in [5.41, 5.74) is 0.840. The number of nitrogens with one attached hydrogen (secondary N) is 1. The molecule has 0 aromatic rings. The molecule has 3 fully saturated rings. The minimum atomic E-state index is 0.0176. The van der Waals surface area contributed by atoms with Crippen molar-refractivity contribution < 1.29 is 4.79 Å². The van der Waals surface area contributed by atoms with Crippen LogP contribution in [0.15, 0.2) is 12.2 Å². The number of nitrogens with zero attached hydrogens (tertiary/aromatic N) is 1. The number of fused-ring (bicyclic) bond motifs is 1. The van der Waals surface area contributed by atoms with Gasteiger partial charge in [0.25, 0.3) is 0 Å². The maximum absolute atomic E-state index is 11.9. The Morgan fingerprint density at radius 3 is 2.53 bits per heavy atom. The Kier molecular flexibility index (Phi) is 3.30. The molecule has 0 radical (unpaired) electrons. The molecule has 2 aliphatic heterocycles. The van der Waals surface area contributed by atoms with Gasteiger partial charge >= 0.3 is 0 Å². The smallest absolute Gasteiger partial charge is 0.247 e. The number of hydrogen-bond donors (Lipinski definition) is 1. The van der Waals surface area contributed by atoms with Gasteiger partial charge in [-0.2, -0.15) is 0 Å². The summed E-state index contributed by atoms with van der Waals surface area (Å²) < 4.78 is 0. The van der Waals surface area contributed by atoms with Crippen LogP contribution in [0, 0.1) is 11.3 Å². The van der Waals surface area contributed by atoms with Gasteiger partial charge < -0.3 is 5.32 Å². The standard InChI is InChI=1S/C14H24N2O/c1-10(13(17)15-9-14(2,3)4)7-16-8-11-5-12(16)6-11/h11-12H,1,5-9H2,2-4H3,(H,15,17). The van der Waals surface area contributed by atoms with Crippen LogP contribution in [0.1, 0.15) is 33.6 Å². The molecule has 0 unspecified atom stereocenters. The summed E-state index contributed by atoms with van der Waals surface area (Å²) >= 11 is 0. The lowest BCUT2D eigenvalue weighted by molar-refractivity contribution is -0.118. The normalized spacial score (nSPS) is 27.7. The first kappa shape index (κ1) is 12.6. The molecule has 0 aromatic carbocycles. The largest absolute Gasteiger partial charge is 0.352 e. The van der Waals surface area contributed by atoms with Crippen molar-refractivity contribution in [1.29, 1.82) is 0 Å². The molecule has 0 spiro atoms. The van der Waals surface area contributed by atoms with E-state index in [9.17, 15) is 4.79 Å². The van der Waals surface area contributed by atoms with E-state index < -0.39 is 0 Å². The Balaban J connectivity index is 1.74. The topological polar surface area (TPSA) is 32.3 Å². The van der Waals surface area contributed by atoms with Crippen LogP contribution in [0.2, 0.25) is 0 Å². The molecule has 2 heterocycles. The minimum absolute atomic E-state index is 0.0176. The van der Waals surface area contributed by atoms with E-state index in [2.05, 4.69) is 37.6 Å². The molecule has 3 nitrogen and oxygen atoms in total. The summed E-state index contributed by atoms with van der Waals surface area (Å²) in [5, 5.41) is 2.96. The van der Waals surface area contributed by atoms with Gasteiger partial charge in [0.1, 0.15) is 0 Å². The molecule has 3 heteroatoms. The van der Waals surface area contributed by atoms with Gasteiger partial charge in [0.2, 0.25) is 5.91 Å². The molecule has 1 aliphatic carbocycles. The average Bonchev–Trinajstić information content (AvgIpc) is 2.70. The van der Waals surface area contributed by atoms with Crippen molar-refractivity contribution in [2.75, 3.05) is 19.6 Å². The van der Waals surface area contributed by atoms with E-state index in [4.69, 9.17) is 0 Å². The lowest BCUT2D eigenvalue weighted by Gasteiger charge is -2.26. The number of carbonyl (C=O) groups excluding carboxylic acids is 1. The zero-order valence-electron chi connectivity index (χ0n) is 11.3. The van der Waals surface area contributed by atoms with Crippen molar-refractivity contribution in [3.8, 4) is 0 Å². The maximum atomic E-state index is 11.9. The maximum Gasteiger partial charge on any atom is 0.247 e. The SMILES string of the molecule is C=C(CN1CC2CC1C2)C(=O)NCC(C)(C)C. The fourth-order valence-corrected chi connectivity index (χ4v) is 2.61. The van der Waals surface area contributed by atoms with Crippen molar-refractivity contribution in [2.24, 2.45) is 11.3 Å². The summed E-state index contributed by atoms with van der Waals surface area (Å²) in [6, 6.07) is 0.729. The Labute approximate surface area is 104 Å². The second-order valence-corrected chi connectivity index (χ2v) is 6.77. The zero-order chi connectivity index (χ0) is 12.6. The number of rotatable bonds is 4. The zero-order valence-corrected chi connectivity index (χ0v) is 11.3. The Morgan fingerprint density at radius 2 is 2.06 bits per heavy atom. The molecule has 2 bridgehead atoms. The van der Waals surface area contributed by atoms with Gasteiger partial charge in [-0.3, -0.25) is 9.69 Å². The second kappa shape index (κ2) is 4.45. The monoisotopic (exact) mass is 236 g/mol. The van der Waals surface area contributed by atoms with Crippen LogP contribution in [0.25, 0.3) is 0 Å². The van der Waals surface area contributed by atoms with Crippen molar-refractivity contribution in [3.05, 3.63) is 12.2 Å². The molecular formula is C14H24N2O. The molecule has 1 saturated carbocycles. The lowest BCUT2D eigenvalue weighted by Crippen LogP contribution is -2.37. The van der Waals surface area contributed by atoms with E-state index in [1.54, 1.807) is 0 Å². The first-order valence-corrected chi connectivity index (χ1v) is 6.55. The van der Waals surface area contributed by atoms with Crippen LogP contribution in [0.3, 0.4) is 0 Å². The first-order valence-electron chi connectivity index (χ1n) is 6.55. The lowest BCUT2D eigenvalue weighted by atomic mass is 9.86. The summed E-state index contributed by atoms with van der Waals surface area (Å²) in [7, 11) is 0. The molecule has 1 N–H and O–H groups in total. The van der Waals surface area contributed by atoms with Gasteiger partial charge in [0, 0.05) is 31.2 Å². The Hall–Kier alpha value is -0.830. The van der Waals surface area contributed by atoms with E-state index in [-0.39, 0.29) is 11.3 Å². The van der Waals surface area contributed by atoms with Crippen LogP contribution >= 0.6 is 0 Å². The predicted molar refractivity (Wildman–Crippen MR) is 69.7 cm³/mol. The van der Waals surface area contributed by atoms with Crippen molar-refractivity contribution >= 4 is 5.91 Å². The molecule has 0 atom stereocenters. The number of amides is 1. The van der Waals surface area contributed by atoms with Crippen molar-refractivity contribution in [1.82, 2.24) is 10.2 Å². The van der Waals surface area contributed by atoms with Gasteiger partial charge in [-0.1, -0.05) is 27.4 Å². The van der Waals surface area contributed by atoms with Crippen LogP contribution in [0.4, 0.5) is 0 Å². The quantitative estimate of drug-likeness (QED) is 0.755. The third-order valence-corrected chi connectivity index (χ3v) is 3.71. The molecule has 17 heavy (non-hydrogen) atoms. The van der Waals surface area contributed by atoms with Gasteiger partial charge in [-0.15, -0.1) is 0 Å². The van der Waals surface area contributed by atoms with E-state index in [1.807, 2.05) is 0 Å². The average molecular weight is 236 g/mol. The third kappa shape index (κ3) is 3.09. The third-order valence-electron chi connectivity index (χ3n) is 3.71. The molecule has 3 rings (SSSR count). The van der Waals surface area contributed by atoms with Crippen molar-refractivity contribution in [3.63, 3.8) is 0 Å². The fraction of sp³-hybridized carbons (Fsp3) is 0.786. The van der Waals surface area contributed by atoms with E-state index in [0.29, 0.717) is 12.1 Å². The molecule has 3 aliphatic rings. The highest BCUT2D eigenvalue weighted by molar-refractivity contribution is 5.93. The van der Waals surface area contributed by atoms with Crippen LogP contribution in [-0.4, -0.2) is 36.5 Å². The van der Waals surface area contributed by atoms with Crippen LogP contribution in [0.5, 0.6) is 0 Å². The fourth-order valence-electron chi connectivity index (χ4n) is 2.61. The predicted octanol–water partition coefficient (Wildman–Crippen LogP) is 1.80. The van der Waals surface area contributed by atoms with Crippen molar-refractivity contribution in [2.45, 2.75) is 39.7 Å². The Bertz CT molecular complexity index is 324. The summed E-state index contributed by atoms with van der Waals surface area (Å²) in [6.45, 7) is 12.9. The molecular weight excluding hydrogens is 212 g/mol. The highest BCUT2D eigenvalue weighted by atomic mass is 16.1. The van der Waals surface area contributed by atoms with Crippen LogP contribution in [-0.2, 0) is 4.79 Å². The first-order chi connectivity index (χ1) is 7.85. The highest BCUT2D eigenvalue weighted by Crippen LogP contribution is 2.40. The van der Waals surface area contributed by atoms with Crippen LogP contribution < -0.4 is 5.32 Å². The van der Waals surface area contributed by atoms with E-state index >= 15 is 0 Å². The number of hydrogen-bond acceptors (Lipinski definition) is 2. The molecule has 0 aromatic heterocycles. The second-order valence-electron chi connectivity index (χ2n) is 6.77. The minimum Gasteiger partial charge on any atom is -0.352 e. The number of carbonyl (C=O) groups is 1. The summed E-state index contributed by atoms with van der Waals surface area (Å²) in [4.78, 5) is 14.3. The van der Waals surface area contributed by atoms with Gasteiger partial charge in [-0.25, -0.2) is 0 Å². The Morgan fingerprint density at radius 1 is 1.41 bits per heavy atom. The highest BCUT2D eigenvalue weighted by Gasteiger charge is 2.42. The van der Waals surface area contributed by atoms with Gasteiger partial charge in [0.05, 0.1) is 0 Å². The molecule has 1 amide bonds. The molecule has 2 saturated heterocycles. The van der Waals surface area contributed by atoms with E-state index in [0.717, 1.165) is 25.0 Å². The molecule has 96 valence electrons.